The molecule has 1 aromatic heterocycles. The lowest BCUT2D eigenvalue weighted by Gasteiger charge is -2.25. The highest BCUT2D eigenvalue weighted by molar-refractivity contribution is 5.74. The van der Waals surface area contributed by atoms with E-state index in [-0.39, 0.29) is 12.5 Å². The van der Waals surface area contributed by atoms with Crippen LogP contribution in [-0.4, -0.2) is 44.4 Å². The van der Waals surface area contributed by atoms with E-state index in [4.69, 9.17) is 5.11 Å². The van der Waals surface area contributed by atoms with Crippen LogP contribution in [0.1, 0.15) is 38.9 Å². The van der Waals surface area contributed by atoms with Gasteiger partial charge in [-0.1, -0.05) is 0 Å². The van der Waals surface area contributed by atoms with Crippen LogP contribution in [0.15, 0.2) is 6.33 Å². The molecule has 8 heteroatoms. The van der Waals surface area contributed by atoms with Gasteiger partial charge in [-0.2, -0.15) is 5.10 Å². The van der Waals surface area contributed by atoms with Gasteiger partial charge in [-0.3, -0.25) is 9.89 Å². The second-order valence-electron chi connectivity index (χ2n) is 5.19. The van der Waals surface area contributed by atoms with E-state index in [1.54, 1.807) is 13.8 Å². The van der Waals surface area contributed by atoms with Gasteiger partial charge in [0.25, 0.3) is 0 Å². The molecule has 0 atom stereocenters. The Morgan fingerprint density at radius 3 is 2.80 bits per heavy atom. The molecule has 0 saturated heterocycles. The predicted molar refractivity (Wildman–Crippen MR) is 72.2 cm³/mol. The lowest BCUT2D eigenvalue weighted by molar-refractivity contribution is -0.137. The lowest BCUT2D eigenvalue weighted by Crippen LogP contribution is -2.48. The summed E-state index contributed by atoms with van der Waals surface area (Å²) in [6.45, 7) is 4.11. The molecule has 1 rings (SSSR count). The first-order valence-corrected chi connectivity index (χ1v) is 6.51. The number of rotatable bonds is 8. The standard InChI is InChI=1S/C12H21N5O3/c1-12(2,6-5-10(18)19)16-11(20)13-7-3-4-9-14-8-15-17-9/h8H,3-7H2,1-2H3,(H,18,19)(H2,13,16,20)(H,14,15,17). The maximum absolute atomic E-state index is 11.7. The van der Waals surface area contributed by atoms with Crippen LogP contribution in [0.4, 0.5) is 4.79 Å². The van der Waals surface area contributed by atoms with E-state index in [1.165, 1.54) is 6.33 Å². The Morgan fingerprint density at radius 2 is 2.20 bits per heavy atom. The van der Waals surface area contributed by atoms with Crippen molar-refractivity contribution in [3.05, 3.63) is 12.2 Å². The van der Waals surface area contributed by atoms with E-state index < -0.39 is 11.5 Å². The summed E-state index contributed by atoms with van der Waals surface area (Å²) in [4.78, 5) is 26.2. The number of aryl methyl sites for hydroxylation is 1. The molecule has 2 amide bonds. The Morgan fingerprint density at radius 1 is 1.45 bits per heavy atom. The molecule has 0 bridgehead atoms. The van der Waals surface area contributed by atoms with Gasteiger partial charge in [0.2, 0.25) is 0 Å². The number of aliphatic carboxylic acids is 1. The van der Waals surface area contributed by atoms with Gasteiger partial charge in [-0.05, 0) is 26.7 Å². The molecule has 0 aromatic carbocycles. The predicted octanol–water partition coefficient (Wildman–Crippen LogP) is 0.680. The Balaban J connectivity index is 2.17. The molecule has 0 fully saturated rings. The third-order valence-corrected chi connectivity index (χ3v) is 2.76. The van der Waals surface area contributed by atoms with Crippen LogP contribution in [0.2, 0.25) is 0 Å². The number of aromatic amines is 1. The van der Waals surface area contributed by atoms with E-state index in [9.17, 15) is 9.59 Å². The largest absolute Gasteiger partial charge is 0.481 e. The summed E-state index contributed by atoms with van der Waals surface area (Å²) in [5, 5.41) is 20.6. The zero-order valence-corrected chi connectivity index (χ0v) is 11.8. The fourth-order valence-corrected chi connectivity index (χ4v) is 1.64. The average molecular weight is 283 g/mol. The van der Waals surface area contributed by atoms with Crippen molar-refractivity contribution in [1.82, 2.24) is 25.8 Å². The van der Waals surface area contributed by atoms with Crippen molar-refractivity contribution in [2.75, 3.05) is 6.54 Å². The third kappa shape index (κ3) is 6.72. The van der Waals surface area contributed by atoms with E-state index in [0.717, 1.165) is 12.2 Å². The molecule has 0 aliphatic rings. The number of H-pyrrole nitrogens is 1. The first kappa shape index (κ1) is 15.9. The minimum Gasteiger partial charge on any atom is -0.481 e. The van der Waals surface area contributed by atoms with Crippen LogP contribution in [0.3, 0.4) is 0 Å². The number of carboxylic acid groups (broad SMARTS) is 1. The number of aromatic nitrogens is 3. The second kappa shape index (κ2) is 7.46. The van der Waals surface area contributed by atoms with E-state index >= 15 is 0 Å². The molecule has 0 radical (unpaired) electrons. The molecule has 0 unspecified atom stereocenters. The van der Waals surface area contributed by atoms with Gasteiger partial charge in [0.05, 0.1) is 0 Å². The van der Waals surface area contributed by atoms with E-state index in [0.29, 0.717) is 19.4 Å². The smallest absolute Gasteiger partial charge is 0.315 e. The fourth-order valence-electron chi connectivity index (χ4n) is 1.64. The van der Waals surface area contributed by atoms with Crippen LogP contribution < -0.4 is 10.6 Å². The SMILES string of the molecule is CC(C)(CCC(=O)O)NC(=O)NCCCc1ncn[nH]1. The van der Waals surface area contributed by atoms with Gasteiger partial charge < -0.3 is 15.7 Å². The molecule has 1 aromatic rings. The van der Waals surface area contributed by atoms with Crippen molar-refractivity contribution < 1.29 is 14.7 Å². The maximum atomic E-state index is 11.7. The van der Waals surface area contributed by atoms with Gasteiger partial charge in [0.1, 0.15) is 12.2 Å². The van der Waals surface area contributed by atoms with Crippen LogP contribution in [0.25, 0.3) is 0 Å². The number of carbonyl (C=O) groups is 2. The molecule has 0 aliphatic heterocycles. The van der Waals surface area contributed by atoms with Crippen molar-refractivity contribution in [2.45, 2.75) is 45.1 Å². The Kier molecular flexibility index (Phi) is 5.95. The molecular weight excluding hydrogens is 262 g/mol. The van der Waals surface area contributed by atoms with Crippen LogP contribution in [0.5, 0.6) is 0 Å². The first-order chi connectivity index (χ1) is 9.39. The highest BCUT2D eigenvalue weighted by Crippen LogP contribution is 2.10. The molecule has 0 aliphatic carbocycles. The Hall–Kier alpha value is -2.12. The number of carboxylic acids is 1. The number of hydrogen-bond acceptors (Lipinski definition) is 4. The molecule has 8 nitrogen and oxygen atoms in total. The molecule has 4 N–H and O–H groups in total. The fraction of sp³-hybridized carbons (Fsp3) is 0.667. The van der Waals surface area contributed by atoms with Crippen molar-refractivity contribution >= 4 is 12.0 Å². The van der Waals surface area contributed by atoms with Gasteiger partial charge in [-0.15, -0.1) is 0 Å². The van der Waals surface area contributed by atoms with Crippen LogP contribution in [-0.2, 0) is 11.2 Å². The van der Waals surface area contributed by atoms with E-state index in [2.05, 4.69) is 25.8 Å². The van der Waals surface area contributed by atoms with Crippen LogP contribution >= 0.6 is 0 Å². The van der Waals surface area contributed by atoms with Gasteiger partial charge in [0.15, 0.2) is 0 Å². The number of nitrogens with zero attached hydrogens (tertiary/aromatic N) is 2. The zero-order chi connectivity index (χ0) is 15.0. The summed E-state index contributed by atoms with van der Waals surface area (Å²) in [5.41, 5.74) is -0.548. The highest BCUT2D eigenvalue weighted by atomic mass is 16.4. The minimum atomic E-state index is -0.868. The average Bonchev–Trinajstić information content (AvgIpc) is 2.85. The van der Waals surface area contributed by atoms with Crippen molar-refractivity contribution in [2.24, 2.45) is 0 Å². The minimum absolute atomic E-state index is 0.0266. The maximum Gasteiger partial charge on any atom is 0.315 e. The number of amides is 2. The molecule has 0 spiro atoms. The topological polar surface area (TPSA) is 120 Å². The van der Waals surface area contributed by atoms with Crippen molar-refractivity contribution in [3.63, 3.8) is 0 Å². The highest BCUT2D eigenvalue weighted by Gasteiger charge is 2.21. The number of hydrogen-bond donors (Lipinski definition) is 4. The Bertz CT molecular complexity index is 430. The number of carbonyl (C=O) groups excluding carboxylic acids is 1. The summed E-state index contributed by atoms with van der Waals surface area (Å²) in [6.07, 6.45) is 3.31. The molecular formula is C12H21N5O3. The molecule has 20 heavy (non-hydrogen) atoms. The van der Waals surface area contributed by atoms with Gasteiger partial charge in [0, 0.05) is 24.9 Å². The molecule has 1 heterocycles. The summed E-state index contributed by atoms with van der Waals surface area (Å²) in [5.74, 6) is -0.0821. The number of nitrogens with one attached hydrogen (secondary N) is 3. The van der Waals surface area contributed by atoms with Gasteiger partial charge in [-0.25, -0.2) is 9.78 Å². The normalized spacial score (nSPS) is 11.1. The van der Waals surface area contributed by atoms with Gasteiger partial charge >= 0.3 is 12.0 Å². The van der Waals surface area contributed by atoms with E-state index in [1.807, 2.05) is 0 Å². The quantitative estimate of drug-likeness (QED) is 0.523. The number of urea groups is 1. The first-order valence-electron chi connectivity index (χ1n) is 6.51. The summed E-state index contributed by atoms with van der Waals surface area (Å²) < 4.78 is 0. The zero-order valence-electron chi connectivity index (χ0n) is 11.8. The summed E-state index contributed by atoms with van der Waals surface area (Å²) >= 11 is 0. The molecule has 0 saturated carbocycles. The van der Waals surface area contributed by atoms with Crippen molar-refractivity contribution in [1.29, 1.82) is 0 Å². The lowest BCUT2D eigenvalue weighted by atomic mass is 9.99. The van der Waals surface area contributed by atoms with Crippen molar-refractivity contribution in [3.8, 4) is 0 Å². The molecule has 112 valence electrons. The third-order valence-electron chi connectivity index (χ3n) is 2.76. The monoisotopic (exact) mass is 283 g/mol. The summed E-state index contributed by atoms with van der Waals surface area (Å²) in [7, 11) is 0. The van der Waals surface area contributed by atoms with Crippen LogP contribution in [0, 0.1) is 0 Å². The summed E-state index contributed by atoms with van der Waals surface area (Å²) in [6, 6.07) is -0.294. The second-order valence-corrected chi connectivity index (χ2v) is 5.19. The Labute approximate surface area is 117 Å².